The molecule has 0 spiro atoms. The van der Waals surface area contributed by atoms with E-state index in [9.17, 15) is 0 Å². The minimum absolute atomic E-state index is 0.267. The van der Waals surface area contributed by atoms with Crippen molar-refractivity contribution in [3.63, 3.8) is 0 Å². The van der Waals surface area contributed by atoms with E-state index in [4.69, 9.17) is 5.11 Å². The summed E-state index contributed by atoms with van der Waals surface area (Å²) < 4.78 is 0. The summed E-state index contributed by atoms with van der Waals surface area (Å²) in [6, 6.07) is 5.72. The first-order valence-electron chi connectivity index (χ1n) is 3.48. The van der Waals surface area contributed by atoms with Crippen molar-refractivity contribution < 1.29 is 5.11 Å². The third-order valence-corrected chi connectivity index (χ3v) is 1.20. The average Bonchev–Trinajstić information content (AvgIpc) is 2.10. The molecule has 0 unspecified atom stereocenters. The zero-order valence-corrected chi connectivity index (χ0v) is 7.24. The van der Waals surface area contributed by atoms with Crippen molar-refractivity contribution in [1.82, 2.24) is 4.98 Å². The minimum Gasteiger partial charge on any atom is -0.396 e. The Bertz CT molecular complexity index is 117. The quantitative estimate of drug-likeness (QED) is 0.659. The molecule has 0 saturated carbocycles. The van der Waals surface area contributed by atoms with E-state index < -0.39 is 0 Å². The Morgan fingerprint density at radius 1 is 1.18 bits per heavy atom. The first kappa shape index (κ1) is 10.5. The molecule has 0 aliphatic heterocycles. The maximum absolute atomic E-state index is 8.02. The van der Waals surface area contributed by atoms with E-state index in [0.717, 1.165) is 12.2 Å². The van der Waals surface area contributed by atoms with Crippen LogP contribution in [-0.4, -0.2) is 22.5 Å². The van der Waals surface area contributed by atoms with Crippen LogP contribution in [0, 0.1) is 0 Å². The van der Waals surface area contributed by atoms with Gasteiger partial charge in [-0.3, -0.25) is 4.98 Å². The van der Waals surface area contributed by atoms with Gasteiger partial charge in [-0.05, 0) is 24.3 Å². The normalized spacial score (nSPS) is 8.18. The highest BCUT2D eigenvalue weighted by atomic mass is 32.1. The van der Waals surface area contributed by atoms with E-state index >= 15 is 0 Å². The topological polar surface area (TPSA) is 33.1 Å². The molecule has 1 heterocycles. The van der Waals surface area contributed by atoms with Crippen LogP contribution in [0.25, 0.3) is 0 Å². The van der Waals surface area contributed by atoms with Crippen molar-refractivity contribution in [1.29, 1.82) is 0 Å². The predicted octanol–water partition coefficient (Wildman–Crippen LogP) is 1.38. The average molecular weight is 171 g/mol. The highest BCUT2D eigenvalue weighted by Gasteiger charge is 1.69. The maximum atomic E-state index is 8.02. The number of pyridine rings is 1. The molecule has 0 fully saturated rings. The van der Waals surface area contributed by atoms with Crippen LogP contribution >= 0.6 is 12.6 Å². The second kappa shape index (κ2) is 9.46. The van der Waals surface area contributed by atoms with Gasteiger partial charge in [-0.15, -0.1) is 0 Å². The Hall–Kier alpha value is -0.540. The number of hydrogen-bond acceptors (Lipinski definition) is 3. The van der Waals surface area contributed by atoms with E-state index in [1.165, 1.54) is 0 Å². The number of thiol groups is 1. The molecule has 1 rings (SSSR count). The third kappa shape index (κ3) is 9.46. The molecule has 0 aromatic carbocycles. The smallest absolute Gasteiger partial charge is 0.0438 e. The molecule has 11 heavy (non-hydrogen) atoms. The Morgan fingerprint density at radius 3 is 1.91 bits per heavy atom. The van der Waals surface area contributed by atoms with Crippen LogP contribution in [-0.2, 0) is 0 Å². The molecule has 0 bridgehead atoms. The van der Waals surface area contributed by atoms with Crippen molar-refractivity contribution in [2.24, 2.45) is 0 Å². The molecule has 0 atom stereocenters. The number of aliphatic hydroxyl groups excluding tert-OH is 1. The standard InChI is InChI=1S/C5H5N.C3H8OS/c1-2-4-6-5-3-1;4-2-1-3-5/h1-5H;4-5H,1-3H2. The summed E-state index contributed by atoms with van der Waals surface area (Å²) in [5.41, 5.74) is 0. The van der Waals surface area contributed by atoms with Gasteiger partial charge in [0.25, 0.3) is 0 Å². The van der Waals surface area contributed by atoms with Gasteiger partial charge in [0.05, 0.1) is 0 Å². The van der Waals surface area contributed by atoms with E-state index in [1.54, 1.807) is 12.4 Å². The second-order valence-electron chi connectivity index (χ2n) is 1.83. The fourth-order valence-electron chi connectivity index (χ4n) is 0.383. The largest absolute Gasteiger partial charge is 0.396 e. The van der Waals surface area contributed by atoms with Crippen LogP contribution < -0.4 is 0 Å². The van der Waals surface area contributed by atoms with Crippen molar-refractivity contribution in [3.8, 4) is 0 Å². The van der Waals surface area contributed by atoms with Gasteiger partial charge >= 0.3 is 0 Å². The summed E-state index contributed by atoms with van der Waals surface area (Å²) in [6.45, 7) is 0.267. The van der Waals surface area contributed by atoms with Crippen molar-refractivity contribution in [2.45, 2.75) is 6.42 Å². The molecule has 0 aliphatic rings. The summed E-state index contributed by atoms with van der Waals surface area (Å²) >= 11 is 3.84. The highest BCUT2D eigenvalue weighted by molar-refractivity contribution is 7.80. The lowest BCUT2D eigenvalue weighted by molar-refractivity contribution is 0.296. The van der Waals surface area contributed by atoms with E-state index in [2.05, 4.69) is 17.6 Å². The van der Waals surface area contributed by atoms with Gasteiger partial charge in [0.2, 0.25) is 0 Å². The molecule has 0 radical (unpaired) electrons. The summed E-state index contributed by atoms with van der Waals surface area (Å²) in [5, 5.41) is 8.02. The van der Waals surface area contributed by atoms with Gasteiger partial charge in [0, 0.05) is 19.0 Å². The van der Waals surface area contributed by atoms with Gasteiger partial charge in [-0.2, -0.15) is 12.6 Å². The Balaban J connectivity index is 0.000000187. The summed E-state index contributed by atoms with van der Waals surface area (Å²) in [5.74, 6) is 0.788. The first-order chi connectivity index (χ1) is 5.41. The Labute approximate surface area is 72.7 Å². The molecular weight excluding hydrogens is 158 g/mol. The summed E-state index contributed by atoms with van der Waals surface area (Å²) in [6.07, 6.45) is 4.31. The zero-order valence-electron chi connectivity index (χ0n) is 6.35. The molecule has 0 saturated heterocycles. The molecule has 62 valence electrons. The number of hydrogen-bond donors (Lipinski definition) is 2. The molecule has 1 N–H and O–H groups in total. The molecule has 0 amide bonds. The summed E-state index contributed by atoms with van der Waals surface area (Å²) in [7, 11) is 0. The van der Waals surface area contributed by atoms with Crippen LogP contribution in [0.5, 0.6) is 0 Å². The Kier molecular flexibility index (Phi) is 9.00. The molecule has 1 aromatic rings. The maximum Gasteiger partial charge on any atom is 0.0438 e. The number of nitrogens with zero attached hydrogens (tertiary/aromatic N) is 1. The lowest BCUT2D eigenvalue weighted by atomic mass is 10.5. The summed E-state index contributed by atoms with van der Waals surface area (Å²) in [4.78, 5) is 3.78. The molecule has 1 aromatic heterocycles. The van der Waals surface area contributed by atoms with Gasteiger partial charge < -0.3 is 5.11 Å². The Morgan fingerprint density at radius 2 is 1.82 bits per heavy atom. The van der Waals surface area contributed by atoms with Gasteiger partial charge in [-0.1, -0.05) is 6.07 Å². The first-order valence-corrected chi connectivity index (χ1v) is 4.11. The van der Waals surface area contributed by atoms with E-state index in [-0.39, 0.29) is 6.61 Å². The van der Waals surface area contributed by atoms with E-state index in [1.807, 2.05) is 18.2 Å². The van der Waals surface area contributed by atoms with Crippen molar-refractivity contribution in [2.75, 3.05) is 12.4 Å². The van der Waals surface area contributed by atoms with Crippen LogP contribution in [0.4, 0.5) is 0 Å². The zero-order chi connectivity index (χ0) is 8.36. The SMILES string of the molecule is OCCCS.c1ccncc1. The van der Waals surface area contributed by atoms with Crippen molar-refractivity contribution in [3.05, 3.63) is 30.6 Å². The van der Waals surface area contributed by atoms with Crippen LogP contribution in [0.15, 0.2) is 30.6 Å². The highest BCUT2D eigenvalue weighted by Crippen LogP contribution is 1.76. The molecule has 0 aliphatic carbocycles. The van der Waals surface area contributed by atoms with Gasteiger partial charge in [-0.25, -0.2) is 0 Å². The minimum atomic E-state index is 0.267. The third-order valence-electron chi connectivity index (χ3n) is 0.883. The second-order valence-corrected chi connectivity index (χ2v) is 2.27. The number of aromatic nitrogens is 1. The van der Waals surface area contributed by atoms with Crippen molar-refractivity contribution >= 4 is 12.6 Å². The lowest BCUT2D eigenvalue weighted by Gasteiger charge is -1.79. The van der Waals surface area contributed by atoms with Crippen LogP contribution in [0.2, 0.25) is 0 Å². The lowest BCUT2D eigenvalue weighted by Crippen LogP contribution is -1.79. The predicted molar refractivity (Wildman–Crippen MR) is 49.8 cm³/mol. The fraction of sp³-hybridized carbons (Fsp3) is 0.375. The van der Waals surface area contributed by atoms with Gasteiger partial charge in [0.1, 0.15) is 0 Å². The molecule has 2 nitrogen and oxygen atoms in total. The fourth-order valence-corrected chi connectivity index (χ4v) is 0.525. The van der Waals surface area contributed by atoms with Gasteiger partial charge in [0.15, 0.2) is 0 Å². The monoisotopic (exact) mass is 171 g/mol. The number of rotatable bonds is 2. The van der Waals surface area contributed by atoms with E-state index in [0.29, 0.717) is 0 Å². The number of aliphatic hydroxyl groups is 1. The van der Waals surface area contributed by atoms with Crippen LogP contribution in [0.1, 0.15) is 6.42 Å². The molecular formula is C8H13NOS. The molecule has 3 heteroatoms. The van der Waals surface area contributed by atoms with Crippen LogP contribution in [0.3, 0.4) is 0 Å².